The molecule has 1 aromatic heterocycles. The van der Waals surface area contributed by atoms with Gasteiger partial charge in [-0.2, -0.15) is 0 Å². The molecule has 4 rings (SSSR count). The Morgan fingerprint density at radius 1 is 1.14 bits per heavy atom. The van der Waals surface area contributed by atoms with E-state index in [9.17, 15) is 13.2 Å². The van der Waals surface area contributed by atoms with Crippen LogP contribution in [0.4, 0.5) is 11.4 Å². The average molecular weight is 428 g/mol. The van der Waals surface area contributed by atoms with Gasteiger partial charge in [-0.3, -0.25) is 14.5 Å². The summed E-state index contributed by atoms with van der Waals surface area (Å²) in [6.07, 6.45) is 3.82. The minimum Gasteiger partial charge on any atom is -0.308 e. The Bertz CT molecular complexity index is 1150. The Hall–Kier alpha value is -2.90. The number of fused-ring (bicyclic) bond motifs is 1. The molecule has 0 bridgehead atoms. The lowest BCUT2D eigenvalue weighted by atomic mass is 10.1. The van der Waals surface area contributed by atoms with Gasteiger partial charge in [-0.1, -0.05) is 23.7 Å². The van der Waals surface area contributed by atoms with Crippen LogP contribution >= 0.6 is 11.6 Å². The third-order valence-corrected chi connectivity index (χ3v) is 6.18. The van der Waals surface area contributed by atoms with Crippen molar-refractivity contribution in [2.45, 2.75) is 12.2 Å². The summed E-state index contributed by atoms with van der Waals surface area (Å²) in [6, 6.07) is 15.4. The zero-order valence-electron chi connectivity index (χ0n) is 15.4. The first-order valence-electron chi connectivity index (χ1n) is 9.01. The number of halogens is 1. The van der Waals surface area contributed by atoms with Gasteiger partial charge in [0.05, 0.1) is 11.3 Å². The molecule has 0 aliphatic carbocycles. The molecule has 148 valence electrons. The van der Waals surface area contributed by atoms with Gasteiger partial charge in [-0.25, -0.2) is 8.42 Å². The van der Waals surface area contributed by atoms with Crippen molar-refractivity contribution in [2.75, 3.05) is 16.2 Å². The number of sulfonamides is 1. The van der Waals surface area contributed by atoms with Crippen molar-refractivity contribution in [2.24, 2.45) is 0 Å². The zero-order chi connectivity index (χ0) is 20.4. The van der Waals surface area contributed by atoms with Crippen LogP contribution in [0.3, 0.4) is 0 Å². The number of rotatable bonds is 5. The topological polar surface area (TPSA) is 79.4 Å². The van der Waals surface area contributed by atoms with Gasteiger partial charge >= 0.3 is 0 Å². The molecule has 8 heteroatoms. The molecule has 0 fully saturated rings. The number of carbonyl (C=O) groups excluding carboxylic acids is 1. The van der Waals surface area contributed by atoms with Crippen molar-refractivity contribution in [3.63, 3.8) is 0 Å². The smallest absolute Gasteiger partial charge is 0.259 e. The maximum Gasteiger partial charge on any atom is 0.259 e. The first kappa shape index (κ1) is 19.4. The number of pyridine rings is 1. The molecule has 0 saturated carbocycles. The fraction of sp³-hybridized carbons (Fsp3) is 0.143. The number of hydrogen-bond donors (Lipinski definition) is 1. The molecular weight excluding hydrogens is 410 g/mol. The molecule has 2 aromatic carbocycles. The van der Waals surface area contributed by atoms with Gasteiger partial charge in [0.15, 0.2) is 0 Å². The molecule has 0 saturated heterocycles. The summed E-state index contributed by atoms with van der Waals surface area (Å²) in [4.78, 5) is 18.4. The largest absolute Gasteiger partial charge is 0.308 e. The van der Waals surface area contributed by atoms with Crippen molar-refractivity contribution in [1.29, 1.82) is 0 Å². The molecule has 3 aromatic rings. The van der Waals surface area contributed by atoms with Gasteiger partial charge < -0.3 is 4.90 Å². The molecule has 2 heterocycles. The average Bonchev–Trinajstić information content (AvgIpc) is 3.12. The predicted molar refractivity (Wildman–Crippen MR) is 114 cm³/mol. The van der Waals surface area contributed by atoms with Crippen LogP contribution in [0.2, 0.25) is 5.02 Å². The van der Waals surface area contributed by atoms with Crippen LogP contribution in [0.25, 0.3) is 0 Å². The van der Waals surface area contributed by atoms with Crippen molar-refractivity contribution >= 4 is 38.9 Å². The van der Waals surface area contributed by atoms with Gasteiger partial charge in [0, 0.05) is 35.3 Å². The number of carbonyl (C=O) groups is 1. The first-order chi connectivity index (χ1) is 13.9. The minimum absolute atomic E-state index is 0.118. The van der Waals surface area contributed by atoms with E-state index in [0.717, 1.165) is 11.3 Å². The molecule has 0 atom stereocenters. The van der Waals surface area contributed by atoms with Crippen LogP contribution in [0, 0.1) is 0 Å². The normalized spacial score (nSPS) is 13.2. The highest BCUT2D eigenvalue weighted by molar-refractivity contribution is 7.91. The number of aromatic nitrogens is 1. The maximum atomic E-state index is 12.7. The van der Waals surface area contributed by atoms with E-state index in [2.05, 4.69) is 9.71 Å². The van der Waals surface area contributed by atoms with E-state index < -0.39 is 10.0 Å². The number of nitrogens with one attached hydrogen (secondary N) is 1. The van der Waals surface area contributed by atoms with E-state index in [1.807, 2.05) is 0 Å². The van der Waals surface area contributed by atoms with E-state index >= 15 is 0 Å². The van der Waals surface area contributed by atoms with Crippen LogP contribution in [0.1, 0.15) is 21.5 Å². The van der Waals surface area contributed by atoms with E-state index in [1.54, 1.807) is 71.9 Å². The molecule has 1 aliphatic rings. The Balaban J connectivity index is 1.50. The highest BCUT2D eigenvalue weighted by Gasteiger charge is 2.26. The number of hydrogen-bond acceptors (Lipinski definition) is 4. The van der Waals surface area contributed by atoms with Gasteiger partial charge in [-0.15, -0.1) is 0 Å². The van der Waals surface area contributed by atoms with Crippen LogP contribution < -0.4 is 9.62 Å². The summed E-state index contributed by atoms with van der Waals surface area (Å²) in [5, 5.41) is 0.558. The van der Waals surface area contributed by atoms with Crippen molar-refractivity contribution in [3.05, 3.63) is 88.7 Å². The molecule has 0 unspecified atom stereocenters. The van der Waals surface area contributed by atoms with E-state index in [0.29, 0.717) is 34.8 Å². The summed E-state index contributed by atoms with van der Waals surface area (Å²) < 4.78 is 27.6. The molecule has 29 heavy (non-hydrogen) atoms. The quantitative estimate of drug-likeness (QED) is 0.670. The lowest BCUT2D eigenvalue weighted by Gasteiger charge is -2.17. The predicted octanol–water partition coefficient (Wildman–Crippen LogP) is 3.88. The van der Waals surface area contributed by atoms with Gasteiger partial charge in [-0.05, 0) is 60.0 Å². The lowest BCUT2D eigenvalue weighted by Crippen LogP contribution is -2.28. The molecule has 1 aliphatic heterocycles. The first-order valence-corrected chi connectivity index (χ1v) is 11.0. The number of anilines is 2. The van der Waals surface area contributed by atoms with Gasteiger partial charge in [0.2, 0.25) is 10.0 Å². The van der Waals surface area contributed by atoms with Crippen molar-refractivity contribution < 1.29 is 13.2 Å². The molecule has 0 radical (unpaired) electrons. The summed E-state index contributed by atoms with van der Waals surface area (Å²) in [6.45, 7) is 0.546. The second-order valence-corrected chi connectivity index (χ2v) is 8.94. The molecule has 6 nitrogen and oxygen atoms in total. The van der Waals surface area contributed by atoms with Crippen LogP contribution in [0.5, 0.6) is 0 Å². The number of nitrogens with zero attached hydrogens (tertiary/aromatic N) is 2. The van der Waals surface area contributed by atoms with Crippen LogP contribution in [-0.2, 0) is 22.2 Å². The highest BCUT2D eigenvalue weighted by Crippen LogP contribution is 2.32. The van der Waals surface area contributed by atoms with Crippen molar-refractivity contribution in [3.8, 4) is 0 Å². The lowest BCUT2D eigenvalue weighted by molar-refractivity contribution is 0.0989. The summed E-state index contributed by atoms with van der Waals surface area (Å²) in [5.41, 5.74) is 3.37. The molecule has 1 amide bonds. The molecule has 1 N–H and O–H groups in total. The standard InChI is InChI=1S/C21H18ClN3O3S/c22-18-5-3-15(4-6-18)14-29(27,28)24-19-7-8-20-16(12-19)9-11-25(20)21(26)17-2-1-10-23-13-17/h1-8,10,12-13,24H,9,11,14H2. The van der Waals surface area contributed by atoms with E-state index in [1.165, 1.54) is 0 Å². The fourth-order valence-electron chi connectivity index (χ4n) is 3.34. The van der Waals surface area contributed by atoms with Gasteiger partial charge in [0.1, 0.15) is 0 Å². The fourth-order valence-corrected chi connectivity index (χ4v) is 4.65. The number of amides is 1. The van der Waals surface area contributed by atoms with Crippen LogP contribution in [0.15, 0.2) is 67.0 Å². The highest BCUT2D eigenvalue weighted by atomic mass is 35.5. The Kier molecular flexibility index (Phi) is 5.25. The third kappa shape index (κ3) is 4.41. The SMILES string of the molecule is O=C(c1cccnc1)N1CCc2cc(NS(=O)(=O)Cc3ccc(Cl)cc3)ccc21. The van der Waals surface area contributed by atoms with Crippen LogP contribution in [-0.4, -0.2) is 25.9 Å². The van der Waals surface area contributed by atoms with E-state index in [4.69, 9.17) is 11.6 Å². The molecule has 0 spiro atoms. The number of benzene rings is 2. The Labute approximate surface area is 174 Å². The van der Waals surface area contributed by atoms with Gasteiger partial charge in [0.25, 0.3) is 5.91 Å². The Morgan fingerprint density at radius 2 is 1.93 bits per heavy atom. The Morgan fingerprint density at radius 3 is 2.66 bits per heavy atom. The van der Waals surface area contributed by atoms with Crippen molar-refractivity contribution in [1.82, 2.24) is 4.98 Å². The molecular formula is C21H18ClN3O3S. The third-order valence-electron chi connectivity index (χ3n) is 4.67. The van der Waals surface area contributed by atoms with E-state index in [-0.39, 0.29) is 11.7 Å². The summed E-state index contributed by atoms with van der Waals surface area (Å²) in [5.74, 6) is -0.264. The summed E-state index contributed by atoms with van der Waals surface area (Å²) >= 11 is 5.84. The maximum absolute atomic E-state index is 12.7. The summed E-state index contributed by atoms with van der Waals surface area (Å²) in [7, 11) is -3.57. The monoisotopic (exact) mass is 427 g/mol. The zero-order valence-corrected chi connectivity index (χ0v) is 16.9. The second-order valence-electron chi connectivity index (χ2n) is 6.78. The second kappa shape index (κ2) is 7.85. The minimum atomic E-state index is -3.57.